The molecule has 3 aromatic heterocycles. The highest BCUT2D eigenvalue weighted by Crippen LogP contribution is 2.28. The van der Waals surface area contributed by atoms with Crippen molar-refractivity contribution >= 4 is 79.6 Å². The van der Waals surface area contributed by atoms with Crippen molar-refractivity contribution < 1.29 is 0 Å². The molecule has 0 atom stereocenters. The van der Waals surface area contributed by atoms with Crippen LogP contribution in [0.1, 0.15) is 0 Å². The molecule has 0 unspecified atom stereocenters. The Kier molecular flexibility index (Phi) is 5.89. The first-order valence-electron chi connectivity index (χ1n) is 5.53. The minimum Gasteiger partial charge on any atom is -0.338 e. The van der Waals surface area contributed by atoms with Crippen LogP contribution in [0.25, 0.3) is 10.2 Å². The molecule has 0 fully saturated rings. The molecule has 3 heterocycles. The number of thiophene rings is 1. The molecule has 1 N–H and O–H groups in total. The number of imidazole rings is 1. The lowest BCUT2D eigenvalue weighted by Gasteiger charge is -2.03. The van der Waals surface area contributed by atoms with E-state index in [4.69, 9.17) is 46.4 Å². The highest BCUT2D eigenvalue weighted by molar-refractivity contribution is 7.17. The van der Waals surface area contributed by atoms with E-state index in [2.05, 4.69) is 20.3 Å². The Labute approximate surface area is 144 Å². The van der Waals surface area contributed by atoms with Gasteiger partial charge in [0.1, 0.15) is 5.82 Å². The molecule has 0 aliphatic heterocycles. The lowest BCUT2D eigenvalue weighted by molar-refractivity contribution is 0.913. The van der Waals surface area contributed by atoms with E-state index in [0.29, 0.717) is 5.82 Å². The number of nitrogens with one attached hydrogen (secondary N) is 1. The number of hydrogen-bond acceptors (Lipinski definition) is 5. The third kappa shape index (κ3) is 4.86. The van der Waals surface area contributed by atoms with Gasteiger partial charge in [-0.05, 0) is 23.0 Å². The van der Waals surface area contributed by atoms with Gasteiger partial charge in [0.25, 0.3) is 0 Å². The Balaban J connectivity index is 0.000000361. The molecule has 3 aromatic rings. The van der Waals surface area contributed by atoms with Crippen LogP contribution in [0.15, 0.2) is 24.0 Å². The molecule has 0 radical (unpaired) electrons. The fourth-order valence-corrected chi connectivity index (χ4v) is 2.47. The lowest BCUT2D eigenvalue weighted by atomic mass is 10.4. The van der Waals surface area contributed by atoms with Gasteiger partial charge in [0.2, 0.25) is 5.28 Å². The van der Waals surface area contributed by atoms with Crippen LogP contribution in [-0.2, 0) is 7.05 Å². The first-order valence-corrected chi connectivity index (χ1v) is 8.10. The highest BCUT2D eigenvalue weighted by Gasteiger charge is 2.09. The lowest BCUT2D eigenvalue weighted by Crippen LogP contribution is -1.95. The molecule has 0 aromatic carbocycles. The minimum atomic E-state index is -0.750. The van der Waals surface area contributed by atoms with Crippen LogP contribution in [0.2, 0.25) is 5.28 Å². The van der Waals surface area contributed by atoms with Crippen molar-refractivity contribution in [2.75, 3.05) is 5.32 Å². The maximum atomic E-state index is 5.87. The third-order valence-corrected chi connectivity index (χ3v) is 3.31. The maximum absolute atomic E-state index is 5.87. The van der Waals surface area contributed by atoms with E-state index in [1.807, 2.05) is 29.3 Å². The Morgan fingerprint density at radius 2 is 2.00 bits per heavy atom. The van der Waals surface area contributed by atoms with Gasteiger partial charge in [-0.3, -0.25) is 0 Å². The number of halogens is 4. The van der Waals surface area contributed by atoms with E-state index in [0.717, 1.165) is 16.0 Å². The molecule has 0 aliphatic rings. The number of aromatic nitrogens is 4. The largest absolute Gasteiger partial charge is 0.338 e. The number of alkyl halides is 3. The second-order valence-corrected chi connectivity index (χ2v) is 7.01. The predicted molar refractivity (Wildman–Crippen MR) is 90.3 cm³/mol. The van der Waals surface area contributed by atoms with Crippen molar-refractivity contribution in [1.29, 1.82) is 0 Å². The summed E-state index contributed by atoms with van der Waals surface area (Å²) in [5.74, 6) is 1.42. The average Bonchev–Trinajstić information content (AvgIpc) is 2.97. The van der Waals surface area contributed by atoms with Crippen molar-refractivity contribution in [3.05, 3.63) is 29.3 Å². The zero-order valence-electron chi connectivity index (χ0n) is 10.6. The van der Waals surface area contributed by atoms with Crippen LogP contribution in [-0.4, -0.2) is 23.8 Å². The van der Waals surface area contributed by atoms with Crippen molar-refractivity contribution in [2.45, 2.75) is 4.30 Å². The van der Waals surface area contributed by atoms with Crippen molar-refractivity contribution in [1.82, 2.24) is 19.5 Å². The molecule has 0 aliphatic carbocycles. The first kappa shape index (κ1) is 16.6. The molecular weight excluding hydrogens is 376 g/mol. The Bertz CT molecular complexity index is 724. The average molecular weight is 385 g/mol. The summed E-state index contributed by atoms with van der Waals surface area (Å²) in [5.41, 5.74) is 0.841. The van der Waals surface area contributed by atoms with E-state index in [1.54, 1.807) is 17.7 Å². The number of anilines is 2. The second-order valence-electron chi connectivity index (χ2n) is 3.77. The minimum absolute atomic E-state index is 0.231. The molecule has 0 spiro atoms. The zero-order valence-corrected chi connectivity index (χ0v) is 14.4. The molecule has 5 nitrogen and oxygen atoms in total. The fraction of sp³-hybridized carbons (Fsp3) is 0.182. The fourth-order valence-electron chi connectivity index (χ4n) is 1.52. The Morgan fingerprint density at radius 1 is 1.29 bits per heavy atom. The number of nitrogens with zero attached hydrogens (tertiary/aromatic N) is 4. The SMILES string of the molecule is ClC(Cl)Cl.Cn1cnc(Nc2nc(Cl)nc3ccsc23)c1. The third-order valence-electron chi connectivity index (χ3n) is 2.23. The summed E-state index contributed by atoms with van der Waals surface area (Å²) in [6.07, 6.45) is 3.59. The van der Waals surface area contributed by atoms with Gasteiger partial charge in [-0.1, -0.05) is 34.8 Å². The molecule has 0 saturated heterocycles. The van der Waals surface area contributed by atoms with Crippen LogP contribution in [0.3, 0.4) is 0 Å². The molecule has 112 valence electrons. The van der Waals surface area contributed by atoms with Gasteiger partial charge >= 0.3 is 0 Å². The van der Waals surface area contributed by atoms with Crippen LogP contribution < -0.4 is 5.32 Å². The van der Waals surface area contributed by atoms with Gasteiger partial charge in [-0.15, -0.1) is 11.3 Å². The van der Waals surface area contributed by atoms with Crippen molar-refractivity contribution in [2.24, 2.45) is 7.05 Å². The van der Waals surface area contributed by atoms with E-state index in [9.17, 15) is 0 Å². The standard InChI is InChI=1S/C10H8ClN5S.CHCl3/c1-16-4-7(12-5-16)14-9-8-6(2-3-17-8)13-10(11)15-9;2-1(3)4/h2-5H,1H3,(H,13,14,15);1H. The molecule has 3 rings (SSSR count). The molecule has 0 saturated carbocycles. The summed E-state index contributed by atoms with van der Waals surface area (Å²) in [7, 11) is 1.91. The normalized spacial score (nSPS) is 10.6. The van der Waals surface area contributed by atoms with E-state index in [-0.39, 0.29) is 5.28 Å². The monoisotopic (exact) mass is 383 g/mol. The highest BCUT2D eigenvalue weighted by atomic mass is 35.6. The smallest absolute Gasteiger partial charge is 0.224 e. The second kappa shape index (κ2) is 7.47. The Morgan fingerprint density at radius 3 is 2.62 bits per heavy atom. The topological polar surface area (TPSA) is 55.6 Å². The number of rotatable bonds is 2. The van der Waals surface area contributed by atoms with Gasteiger partial charge < -0.3 is 9.88 Å². The van der Waals surface area contributed by atoms with Crippen LogP contribution >= 0.6 is 57.7 Å². The van der Waals surface area contributed by atoms with Crippen LogP contribution in [0, 0.1) is 0 Å². The quantitative estimate of drug-likeness (QED) is 0.508. The van der Waals surface area contributed by atoms with Gasteiger partial charge in [-0.2, -0.15) is 4.98 Å². The van der Waals surface area contributed by atoms with Gasteiger partial charge in [0.05, 0.1) is 16.5 Å². The first-order chi connectivity index (χ1) is 9.95. The Hall–Kier alpha value is -0.790. The van der Waals surface area contributed by atoms with Gasteiger partial charge in [0, 0.05) is 13.2 Å². The predicted octanol–water partition coefficient (Wildman–Crippen LogP) is 4.81. The summed E-state index contributed by atoms with van der Waals surface area (Å²) in [5, 5.41) is 5.33. The number of hydrogen-bond donors (Lipinski definition) is 1. The van der Waals surface area contributed by atoms with E-state index < -0.39 is 4.30 Å². The summed E-state index contributed by atoms with van der Waals surface area (Å²) in [4.78, 5) is 12.5. The zero-order chi connectivity index (χ0) is 15.4. The summed E-state index contributed by atoms with van der Waals surface area (Å²) >= 11 is 21.9. The summed E-state index contributed by atoms with van der Waals surface area (Å²) in [6.45, 7) is 0. The summed E-state index contributed by atoms with van der Waals surface area (Å²) in [6, 6.07) is 1.91. The number of aryl methyl sites for hydroxylation is 1. The van der Waals surface area contributed by atoms with E-state index >= 15 is 0 Å². The van der Waals surface area contributed by atoms with E-state index in [1.165, 1.54) is 0 Å². The molecule has 0 amide bonds. The molecule has 0 bridgehead atoms. The van der Waals surface area contributed by atoms with Crippen molar-refractivity contribution in [3.63, 3.8) is 0 Å². The molecule has 21 heavy (non-hydrogen) atoms. The maximum Gasteiger partial charge on any atom is 0.224 e. The number of fused-ring (bicyclic) bond motifs is 1. The van der Waals surface area contributed by atoms with Gasteiger partial charge in [0.15, 0.2) is 10.1 Å². The van der Waals surface area contributed by atoms with Crippen molar-refractivity contribution in [3.8, 4) is 0 Å². The van der Waals surface area contributed by atoms with Crippen LogP contribution in [0.5, 0.6) is 0 Å². The molecular formula is C11H9Cl4N5S. The van der Waals surface area contributed by atoms with Crippen LogP contribution in [0.4, 0.5) is 11.6 Å². The van der Waals surface area contributed by atoms with Gasteiger partial charge in [-0.25, -0.2) is 9.97 Å². The summed E-state index contributed by atoms with van der Waals surface area (Å²) < 4.78 is 2.08. The molecule has 10 heteroatoms.